The van der Waals surface area contributed by atoms with Gasteiger partial charge in [0, 0.05) is 6.07 Å². The maximum absolute atomic E-state index is 5.81. The lowest BCUT2D eigenvalue weighted by Crippen LogP contribution is -2.01. The van der Waals surface area contributed by atoms with Crippen LogP contribution in [0.4, 0.5) is 5.69 Å². The second-order valence-corrected chi connectivity index (χ2v) is 4.11. The molecule has 0 aliphatic rings. The van der Waals surface area contributed by atoms with Crippen LogP contribution in [0.25, 0.3) is 5.69 Å². The van der Waals surface area contributed by atoms with Crippen LogP contribution in [0.5, 0.6) is 11.5 Å². The Labute approximate surface area is 112 Å². The van der Waals surface area contributed by atoms with Gasteiger partial charge in [0.25, 0.3) is 0 Å². The van der Waals surface area contributed by atoms with Crippen LogP contribution in [0.2, 0.25) is 0 Å². The Bertz CT molecular complexity index is 544. The third-order valence-electron chi connectivity index (χ3n) is 2.73. The molecule has 2 rings (SSSR count). The number of benzene rings is 1. The minimum Gasteiger partial charge on any atom is -0.490 e. The van der Waals surface area contributed by atoms with E-state index in [1.54, 1.807) is 10.9 Å². The van der Waals surface area contributed by atoms with E-state index in [2.05, 4.69) is 5.10 Å². The highest BCUT2D eigenvalue weighted by molar-refractivity contribution is 5.50. The fraction of sp³-hybridized carbons (Fsp3) is 0.357. The Kier molecular flexibility index (Phi) is 3.94. The second kappa shape index (κ2) is 5.65. The average molecular weight is 261 g/mol. The monoisotopic (exact) mass is 261 g/mol. The summed E-state index contributed by atoms with van der Waals surface area (Å²) in [4.78, 5) is 0. The predicted octanol–water partition coefficient (Wildman–Crippen LogP) is 2.56. The summed E-state index contributed by atoms with van der Waals surface area (Å²) in [5.74, 6) is 1.46. The van der Waals surface area contributed by atoms with Crippen LogP contribution >= 0.6 is 0 Å². The first-order chi connectivity index (χ1) is 9.15. The van der Waals surface area contributed by atoms with Crippen molar-refractivity contribution in [1.82, 2.24) is 9.78 Å². The topological polar surface area (TPSA) is 62.3 Å². The van der Waals surface area contributed by atoms with Crippen LogP contribution in [0.3, 0.4) is 0 Å². The normalized spacial score (nSPS) is 10.5. The molecule has 0 saturated carbocycles. The molecule has 0 radical (unpaired) electrons. The molecule has 5 nitrogen and oxygen atoms in total. The van der Waals surface area contributed by atoms with Gasteiger partial charge in [0.1, 0.15) is 0 Å². The van der Waals surface area contributed by atoms with Crippen LogP contribution in [-0.4, -0.2) is 23.0 Å². The smallest absolute Gasteiger partial charge is 0.163 e. The van der Waals surface area contributed by atoms with Crippen LogP contribution in [0.1, 0.15) is 19.5 Å². The van der Waals surface area contributed by atoms with Gasteiger partial charge in [0.2, 0.25) is 0 Å². The zero-order valence-electron chi connectivity index (χ0n) is 11.5. The van der Waals surface area contributed by atoms with Crippen LogP contribution < -0.4 is 15.2 Å². The molecule has 5 heteroatoms. The van der Waals surface area contributed by atoms with E-state index < -0.39 is 0 Å². The fourth-order valence-corrected chi connectivity index (χ4v) is 1.79. The van der Waals surface area contributed by atoms with Gasteiger partial charge in [0.15, 0.2) is 11.5 Å². The van der Waals surface area contributed by atoms with Gasteiger partial charge in [-0.1, -0.05) is 0 Å². The highest BCUT2D eigenvalue weighted by Crippen LogP contribution is 2.30. The SMILES string of the molecule is CCOc1ccc(-n2cc(N)c(C)n2)cc1OCC. The van der Waals surface area contributed by atoms with E-state index in [0.717, 1.165) is 17.1 Å². The average Bonchev–Trinajstić information content (AvgIpc) is 2.72. The van der Waals surface area contributed by atoms with Crippen molar-refractivity contribution in [2.24, 2.45) is 0 Å². The standard InChI is InChI=1S/C14H19N3O2/c1-4-18-13-7-6-11(8-14(13)19-5-2)17-9-12(15)10(3)16-17/h6-9H,4-5,15H2,1-3H3. The van der Waals surface area contributed by atoms with Gasteiger partial charge in [-0.2, -0.15) is 5.10 Å². The Morgan fingerprint density at radius 1 is 1.16 bits per heavy atom. The lowest BCUT2D eigenvalue weighted by atomic mass is 10.2. The predicted molar refractivity (Wildman–Crippen MR) is 75.1 cm³/mol. The van der Waals surface area contributed by atoms with Crippen molar-refractivity contribution in [3.63, 3.8) is 0 Å². The molecule has 19 heavy (non-hydrogen) atoms. The first kappa shape index (κ1) is 13.3. The van der Waals surface area contributed by atoms with Crippen molar-refractivity contribution in [2.45, 2.75) is 20.8 Å². The number of nitrogen functional groups attached to an aromatic ring is 1. The minimum absolute atomic E-state index is 0.587. The number of nitrogens with two attached hydrogens (primary N) is 1. The van der Waals surface area contributed by atoms with Gasteiger partial charge in [-0.25, -0.2) is 4.68 Å². The number of nitrogens with zero attached hydrogens (tertiary/aromatic N) is 2. The van der Waals surface area contributed by atoms with E-state index in [4.69, 9.17) is 15.2 Å². The zero-order chi connectivity index (χ0) is 13.8. The molecule has 2 aromatic rings. The summed E-state index contributed by atoms with van der Waals surface area (Å²) >= 11 is 0. The highest BCUT2D eigenvalue weighted by atomic mass is 16.5. The van der Waals surface area contributed by atoms with E-state index in [1.165, 1.54) is 0 Å². The lowest BCUT2D eigenvalue weighted by molar-refractivity contribution is 0.287. The van der Waals surface area contributed by atoms with Crippen LogP contribution in [-0.2, 0) is 0 Å². The van der Waals surface area contributed by atoms with E-state index in [9.17, 15) is 0 Å². The number of aryl methyl sites for hydroxylation is 1. The molecule has 1 aromatic heterocycles. The van der Waals surface area contributed by atoms with Crippen molar-refractivity contribution < 1.29 is 9.47 Å². The van der Waals surface area contributed by atoms with Crippen LogP contribution in [0.15, 0.2) is 24.4 Å². The maximum Gasteiger partial charge on any atom is 0.163 e. The number of rotatable bonds is 5. The molecule has 0 unspecified atom stereocenters. The Hall–Kier alpha value is -2.17. The number of anilines is 1. The van der Waals surface area contributed by atoms with E-state index in [1.807, 2.05) is 39.0 Å². The fourth-order valence-electron chi connectivity index (χ4n) is 1.79. The second-order valence-electron chi connectivity index (χ2n) is 4.11. The van der Waals surface area contributed by atoms with Crippen molar-refractivity contribution in [3.05, 3.63) is 30.1 Å². The molecule has 1 aromatic carbocycles. The molecule has 2 N–H and O–H groups in total. The van der Waals surface area contributed by atoms with Crippen molar-refractivity contribution in [2.75, 3.05) is 18.9 Å². The van der Waals surface area contributed by atoms with Crippen molar-refractivity contribution in [3.8, 4) is 17.2 Å². The van der Waals surface area contributed by atoms with E-state index >= 15 is 0 Å². The van der Waals surface area contributed by atoms with Gasteiger partial charge in [-0.15, -0.1) is 0 Å². The Morgan fingerprint density at radius 3 is 2.42 bits per heavy atom. The van der Waals surface area contributed by atoms with Gasteiger partial charge in [-0.3, -0.25) is 0 Å². The highest BCUT2D eigenvalue weighted by Gasteiger charge is 2.09. The first-order valence-electron chi connectivity index (χ1n) is 6.37. The molecule has 0 spiro atoms. The number of hydrogen-bond donors (Lipinski definition) is 1. The molecule has 0 fully saturated rings. The van der Waals surface area contributed by atoms with E-state index in [0.29, 0.717) is 24.7 Å². The molecule has 102 valence electrons. The number of aromatic nitrogens is 2. The summed E-state index contributed by atoms with van der Waals surface area (Å²) in [6.45, 7) is 6.96. The Morgan fingerprint density at radius 2 is 1.84 bits per heavy atom. The van der Waals surface area contributed by atoms with Crippen molar-refractivity contribution in [1.29, 1.82) is 0 Å². The third-order valence-corrected chi connectivity index (χ3v) is 2.73. The summed E-state index contributed by atoms with van der Waals surface area (Å²) < 4.78 is 12.9. The molecule has 0 bridgehead atoms. The molecule has 1 heterocycles. The molecule has 0 saturated heterocycles. The quantitative estimate of drug-likeness (QED) is 0.898. The van der Waals surface area contributed by atoms with E-state index in [-0.39, 0.29) is 0 Å². The number of ether oxygens (including phenoxy) is 2. The summed E-state index contributed by atoms with van der Waals surface area (Å²) in [6, 6.07) is 5.72. The molecular weight excluding hydrogens is 242 g/mol. The third kappa shape index (κ3) is 2.81. The van der Waals surface area contributed by atoms with Gasteiger partial charge < -0.3 is 15.2 Å². The van der Waals surface area contributed by atoms with Gasteiger partial charge in [0.05, 0.1) is 36.5 Å². The lowest BCUT2D eigenvalue weighted by Gasteiger charge is -2.12. The molecule has 0 aliphatic carbocycles. The maximum atomic E-state index is 5.81. The van der Waals surface area contributed by atoms with Crippen molar-refractivity contribution >= 4 is 5.69 Å². The molecule has 0 aliphatic heterocycles. The van der Waals surface area contributed by atoms with Gasteiger partial charge >= 0.3 is 0 Å². The minimum atomic E-state index is 0.587. The Balaban J connectivity index is 2.39. The zero-order valence-corrected chi connectivity index (χ0v) is 11.5. The molecule has 0 atom stereocenters. The largest absolute Gasteiger partial charge is 0.490 e. The summed E-state index contributed by atoms with van der Waals surface area (Å²) in [6.07, 6.45) is 1.79. The summed E-state index contributed by atoms with van der Waals surface area (Å²) in [7, 11) is 0. The summed E-state index contributed by atoms with van der Waals surface area (Å²) in [5, 5.41) is 4.35. The first-order valence-corrected chi connectivity index (χ1v) is 6.37. The van der Waals surface area contributed by atoms with Gasteiger partial charge in [-0.05, 0) is 32.9 Å². The molecular formula is C14H19N3O2. The summed E-state index contributed by atoms with van der Waals surface area (Å²) in [5.41, 5.74) is 8.19. The number of hydrogen-bond acceptors (Lipinski definition) is 4. The van der Waals surface area contributed by atoms with Crippen LogP contribution in [0, 0.1) is 6.92 Å². The molecule has 0 amide bonds.